The fourth-order valence-electron chi connectivity index (χ4n) is 0.435. The van der Waals surface area contributed by atoms with E-state index in [9.17, 15) is 13.6 Å². The number of nitrogens with two attached hydrogens (primary N) is 1. The van der Waals surface area contributed by atoms with Gasteiger partial charge in [0.1, 0.15) is 0 Å². The number of amides is 1. The monoisotopic (exact) mass is 167 g/mol. The summed E-state index contributed by atoms with van der Waals surface area (Å²) in [6, 6.07) is 0. The fourth-order valence-corrected chi connectivity index (χ4v) is 0.435. The summed E-state index contributed by atoms with van der Waals surface area (Å²) >= 11 is 0. The SMILES string of the molecule is CC(C)(C)OC(F)(F)C(N)=O. The zero-order valence-electron chi connectivity index (χ0n) is 6.65. The molecule has 0 rings (SSSR count). The van der Waals surface area contributed by atoms with Crippen molar-refractivity contribution >= 4 is 5.91 Å². The van der Waals surface area contributed by atoms with Crippen molar-refractivity contribution < 1.29 is 18.3 Å². The van der Waals surface area contributed by atoms with Crippen LogP contribution in [0.3, 0.4) is 0 Å². The van der Waals surface area contributed by atoms with E-state index in [0.29, 0.717) is 0 Å². The third-order valence-corrected chi connectivity index (χ3v) is 0.721. The molecule has 0 spiro atoms. The maximum absolute atomic E-state index is 12.3. The number of carbonyl (C=O) groups excluding carboxylic acids is 1. The van der Waals surface area contributed by atoms with Gasteiger partial charge < -0.3 is 10.5 Å². The summed E-state index contributed by atoms with van der Waals surface area (Å²) in [6.45, 7) is 4.22. The van der Waals surface area contributed by atoms with E-state index in [2.05, 4.69) is 10.5 Å². The van der Waals surface area contributed by atoms with Gasteiger partial charge in [-0.2, -0.15) is 8.78 Å². The molecular weight excluding hydrogens is 156 g/mol. The zero-order chi connectivity index (χ0) is 9.28. The summed E-state index contributed by atoms with van der Waals surface area (Å²) in [7, 11) is 0. The highest BCUT2D eigenvalue weighted by Crippen LogP contribution is 2.22. The van der Waals surface area contributed by atoms with Crippen LogP contribution in [-0.2, 0) is 9.53 Å². The Morgan fingerprint density at radius 1 is 1.36 bits per heavy atom. The molecule has 2 N–H and O–H groups in total. The molecule has 0 saturated heterocycles. The summed E-state index contributed by atoms with van der Waals surface area (Å²) in [4.78, 5) is 10.0. The molecule has 0 saturated carbocycles. The molecule has 0 aromatic carbocycles. The predicted octanol–water partition coefficient (Wildman–Crippen LogP) is 0.880. The largest absolute Gasteiger partial charge is 0.436 e. The lowest BCUT2D eigenvalue weighted by atomic mass is 10.2. The van der Waals surface area contributed by atoms with Crippen LogP contribution in [0.1, 0.15) is 20.8 Å². The molecule has 0 atom stereocenters. The van der Waals surface area contributed by atoms with E-state index in [1.165, 1.54) is 20.8 Å². The van der Waals surface area contributed by atoms with Crippen molar-refractivity contribution in [2.45, 2.75) is 32.5 Å². The van der Waals surface area contributed by atoms with Gasteiger partial charge in [0, 0.05) is 0 Å². The lowest BCUT2D eigenvalue weighted by Crippen LogP contribution is -2.43. The third kappa shape index (κ3) is 3.87. The lowest BCUT2D eigenvalue weighted by Gasteiger charge is -2.24. The Labute approximate surface area is 63.5 Å². The highest BCUT2D eigenvalue weighted by atomic mass is 19.3. The molecule has 0 aliphatic carbocycles. The fraction of sp³-hybridized carbons (Fsp3) is 0.833. The van der Waals surface area contributed by atoms with Gasteiger partial charge in [0.2, 0.25) is 0 Å². The number of hydrogen-bond donors (Lipinski definition) is 1. The Balaban J connectivity index is 4.25. The number of rotatable bonds is 2. The van der Waals surface area contributed by atoms with Crippen LogP contribution in [0.15, 0.2) is 0 Å². The van der Waals surface area contributed by atoms with Crippen molar-refractivity contribution in [3.8, 4) is 0 Å². The molecule has 0 bridgehead atoms. The van der Waals surface area contributed by atoms with Gasteiger partial charge in [-0.1, -0.05) is 0 Å². The highest BCUT2D eigenvalue weighted by molar-refractivity contribution is 5.79. The molecule has 1 amide bonds. The lowest BCUT2D eigenvalue weighted by molar-refractivity contribution is -0.265. The van der Waals surface area contributed by atoms with Gasteiger partial charge >= 0.3 is 12.0 Å². The van der Waals surface area contributed by atoms with Crippen molar-refractivity contribution in [2.75, 3.05) is 0 Å². The topological polar surface area (TPSA) is 52.3 Å². The standard InChI is InChI=1S/C6H11F2NO2/c1-5(2,3)11-6(7,8)4(9)10/h1-3H3,(H2,9,10). The van der Waals surface area contributed by atoms with Crippen molar-refractivity contribution in [3.63, 3.8) is 0 Å². The van der Waals surface area contributed by atoms with Crippen molar-refractivity contribution in [3.05, 3.63) is 0 Å². The van der Waals surface area contributed by atoms with Crippen molar-refractivity contribution in [2.24, 2.45) is 5.73 Å². The van der Waals surface area contributed by atoms with Crippen molar-refractivity contribution in [1.29, 1.82) is 0 Å². The molecule has 5 heteroatoms. The summed E-state index contributed by atoms with van der Waals surface area (Å²) < 4.78 is 28.8. The molecule has 0 radical (unpaired) electrons. The van der Waals surface area contributed by atoms with Crippen molar-refractivity contribution in [1.82, 2.24) is 0 Å². The van der Waals surface area contributed by atoms with E-state index in [-0.39, 0.29) is 0 Å². The Morgan fingerprint density at radius 3 is 1.82 bits per heavy atom. The quantitative estimate of drug-likeness (QED) is 0.663. The van der Waals surface area contributed by atoms with Gasteiger partial charge in [0.25, 0.3) is 0 Å². The van der Waals surface area contributed by atoms with E-state index in [4.69, 9.17) is 0 Å². The molecule has 0 aromatic rings. The summed E-state index contributed by atoms with van der Waals surface area (Å²) in [6.07, 6.45) is -3.88. The third-order valence-electron chi connectivity index (χ3n) is 0.721. The van der Waals surface area contributed by atoms with Crippen LogP contribution in [0.25, 0.3) is 0 Å². The molecular formula is C6H11F2NO2. The molecule has 0 aromatic heterocycles. The minimum atomic E-state index is -3.88. The van der Waals surface area contributed by atoms with Crippen LogP contribution < -0.4 is 5.73 Å². The van der Waals surface area contributed by atoms with Gasteiger partial charge in [-0.05, 0) is 20.8 Å². The van der Waals surface area contributed by atoms with Crippen LogP contribution in [0.2, 0.25) is 0 Å². The van der Waals surface area contributed by atoms with Crippen LogP contribution in [0, 0.1) is 0 Å². The minimum Gasteiger partial charge on any atom is -0.362 e. The Morgan fingerprint density at radius 2 is 1.73 bits per heavy atom. The maximum atomic E-state index is 12.3. The normalized spacial score (nSPS) is 13.2. The second kappa shape index (κ2) is 2.73. The van der Waals surface area contributed by atoms with E-state index in [1.807, 2.05) is 0 Å². The van der Waals surface area contributed by atoms with Gasteiger partial charge in [-0.3, -0.25) is 4.79 Å². The first-order valence-corrected chi connectivity index (χ1v) is 3.03. The van der Waals surface area contributed by atoms with E-state index >= 15 is 0 Å². The molecule has 0 unspecified atom stereocenters. The number of halogens is 2. The smallest absolute Gasteiger partial charge is 0.362 e. The molecule has 66 valence electrons. The summed E-state index contributed by atoms with van der Waals surface area (Å²) in [5.41, 5.74) is 3.28. The number of primary amides is 1. The molecule has 11 heavy (non-hydrogen) atoms. The Kier molecular flexibility index (Phi) is 2.55. The molecule has 3 nitrogen and oxygen atoms in total. The van der Waals surface area contributed by atoms with Crippen LogP contribution in [-0.4, -0.2) is 17.6 Å². The number of carbonyl (C=O) groups is 1. The highest BCUT2D eigenvalue weighted by Gasteiger charge is 2.41. The minimum absolute atomic E-state index is 1.08. The molecule has 0 fully saturated rings. The summed E-state index contributed by atoms with van der Waals surface area (Å²) in [5, 5.41) is 0. The average molecular weight is 167 g/mol. The molecule has 0 heterocycles. The van der Waals surface area contributed by atoms with E-state index in [1.54, 1.807) is 0 Å². The predicted molar refractivity (Wildman–Crippen MR) is 35.0 cm³/mol. The number of ether oxygens (including phenoxy) is 1. The van der Waals surface area contributed by atoms with Crippen LogP contribution in [0.5, 0.6) is 0 Å². The summed E-state index contributed by atoms with van der Waals surface area (Å²) in [5.74, 6) is -1.77. The van der Waals surface area contributed by atoms with Crippen LogP contribution >= 0.6 is 0 Å². The average Bonchev–Trinajstić information content (AvgIpc) is 1.56. The zero-order valence-corrected chi connectivity index (χ0v) is 6.65. The molecule has 0 aliphatic rings. The maximum Gasteiger partial charge on any atom is 0.436 e. The second-order valence-electron chi connectivity index (χ2n) is 3.10. The number of hydrogen-bond acceptors (Lipinski definition) is 2. The first-order valence-electron chi connectivity index (χ1n) is 3.03. The second-order valence-corrected chi connectivity index (χ2v) is 3.10. The Hall–Kier alpha value is -0.710. The van der Waals surface area contributed by atoms with E-state index in [0.717, 1.165) is 0 Å². The van der Waals surface area contributed by atoms with Crippen LogP contribution in [0.4, 0.5) is 8.78 Å². The number of alkyl halides is 2. The first-order chi connectivity index (χ1) is 4.65. The van der Waals surface area contributed by atoms with Gasteiger partial charge in [-0.15, -0.1) is 0 Å². The van der Waals surface area contributed by atoms with E-state index < -0.39 is 17.6 Å². The van der Waals surface area contributed by atoms with Gasteiger partial charge in [0.05, 0.1) is 5.60 Å². The van der Waals surface area contributed by atoms with Gasteiger partial charge in [-0.25, -0.2) is 0 Å². The molecule has 0 aliphatic heterocycles. The Bertz CT molecular complexity index is 162. The van der Waals surface area contributed by atoms with Gasteiger partial charge in [0.15, 0.2) is 0 Å². The first kappa shape index (κ1) is 10.3.